The average molecular weight is 472 g/mol. The second kappa shape index (κ2) is 10.2. The Balaban J connectivity index is 1.31. The van der Waals surface area contributed by atoms with Gasteiger partial charge in [-0.15, -0.1) is 0 Å². The molecule has 0 bridgehead atoms. The van der Waals surface area contributed by atoms with Gasteiger partial charge in [0.15, 0.2) is 0 Å². The summed E-state index contributed by atoms with van der Waals surface area (Å²) in [5.74, 6) is 0.700. The summed E-state index contributed by atoms with van der Waals surface area (Å²) >= 11 is 7.46. The van der Waals surface area contributed by atoms with Gasteiger partial charge in [0, 0.05) is 43.0 Å². The van der Waals surface area contributed by atoms with Crippen LogP contribution in [0.1, 0.15) is 5.56 Å². The van der Waals surface area contributed by atoms with E-state index >= 15 is 0 Å². The third-order valence-electron chi connectivity index (χ3n) is 5.23. The summed E-state index contributed by atoms with van der Waals surface area (Å²) in [7, 11) is 0. The maximum atomic E-state index is 14.1. The van der Waals surface area contributed by atoms with E-state index in [0.29, 0.717) is 29.5 Å². The fourth-order valence-corrected chi connectivity index (χ4v) is 4.32. The van der Waals surface area contributed by atoms with Crippen molar-refractivity contribution in [1.29, 1.82) is 0 Å². The van der Waals surface area contributed by atoms with Crippen LogP contribution in [0.4, 0.5) is 21.6 Å². The number of nitrogens with one attached hydrogen (secondary N) is 1. The van der Waals surface area contributed by atoms with Gasteiger partial charge in [-0.05, 0) is 36.8 Å². The molecule has 0 unspecified atom stereocenters. The van der Waals surface area contributed by atoms with Crippen molar-refractivity contribution in [2.75, 3.05) is 47.0 Å². The highest BCUT2D eigenvalue weighted by Crippen LogP contribution is 2.25. The number of halogens is 2. The number of nitrogens with zero attached hydrogens (tertiary/aromatic N) is 4. The predicted molar refractivity (Wildman–Crippen MR) is 128 cm³/mol. The summed E-state index contributed by atoms with van der Waals surface area (Å²) < 4.78 is 14.1. The second-order valence-electron chi connectivity index (χ2n) is 7.44. The maximum absolute atomic E-state index is 14.1. The van der Waals surface area contributed by atoms with E-state index in [4.69, 9.17) is 11.6 Å². The molecule has 3 aromatic rings. The number of para-hydroxylation sites is 1. The zero-order valence-electron chi connectivity index (χ0n) is 17.6. The van der Waals surface area contributed by atoms with Gasteiger partial charge >= 0.3 is 0 Å². The van der Waals surface area contributed by atoms with Gasteiger partial charge in [-0.3, -0.25) is 4.79 Å². The molecule has 9 heteroatoms. The molecule has 4 rings (SSSR count). The molecule has 6 nitrogen and oxygen atoms in total. The third kappa shape index (κ3) is 5.49. The van der Waals surface area contributed by atoms with Crippen molar-refractivity contribution in [3.63, 3.8) is 0 Å². The summed E-state index contributed by atoms with van der Waals surface area (Å²) in [5, 5.41) is 4.19. The van der Waals surface area contributed by atoms with Crippen LogP contribution in [-0.4, -0.2) is 47.8 Å². The van der Waals surface area contributed by atoms with E-state index < -0.39 is 0 Å². The van der Waals surface area contributed by atoms with Crippen molar-refractivity contribution >= 4 is 46.5 Å². The molecule has 0 saturated carbocycles. The highest BCUT2D eigenvalue weighted by Gasteiger charge is 2.20. The Labute approximate surface area is 195 Å². The minimum atomic E-state index is -0.201. The number of hydrogen-bond donors (Lipinski definition) is 1. The first-order chi connectivity index (χ1) is 15.5. The summed E-state index contributed by atoms with van der Waals surface area (Å²) in [6.45, 7) is 4.77. The van der Waals surface area contributed by atoms with Crippen LogP contribution in [-0.2, 0) is 4.79 Å². The zero-order valence-corrected chi connectivity index (χ0v) is 19.2. The smallest absolute Gasteiger partial charge is 0.234 e. The number of amides is 1. The van der Waals surface area contributed by atoms with Crippen LogP contribution < -0.4 is 15.1 Å². The van der Waals surface area contributed by atoms with Crippen molar-refractivity contribution in [1.82, 2.24) is 9.97 Å². The van der Waals surface area contributed by atoms with E-state index in [1.165, 1.54) is 24.2 Å². The van der Waals surface area contributed by atoms with Crippen molar-refractivity contribution in [3.8, 4) is 0 Å². The predicted octanol–water partition coefficient (Wildman–Crippen LogP) is 4.63. The minimum Gasteiger partial charge on any atom is -0.366 e. The van der Waals surface area contributed by atoms with E-state index in [1.54, 1.807) is 18.2 Å². The monoisotopic (exact) mass is 471 g/mol. The number of carbonyl (C=O) groups excluding carboxylic acids is 1. The summed E-state index contributed by atoms with van der Waals surface area (Å²) in [6.07, 6.45) is 1.51. The van der Waals surface area contributed by atoms with Crippen LogP contribution in [0, 0.1) is 12.7 Å². The van der Waals surface area contributed by atoms with Gasteiger partial charge < -0.3 is 15.1 Å². The molecular formula is C23H23ClFN5OS. The summed E-state index contributed by atoms with van der Waals surface area (Å²) in [5.41, 5.74) is 2.26. The quantitative estimate of drug-likeness (QED) is 0.417. The number of anilines is 3. The Morgan fingerprint density at radius 3 is 2.59 bits per heavy atom. The SMILES string of the molecule is Cc1ccc(NC(=O)CSc2cc(N3CCN(c4ccccc4F)CC3)ncn2)cc1Cl. The highest BCUT2D eigenvalue weighted by molar-refractivity contribution is 7.99. The van der Waals surface area contributed by atoms with E-state index in [-0.39, 0.29) is 17.5 Å². The van der Waals surface area contributed by atoms with E-state index in [1.807, 2.05) is 36.1 Å². The van der Waals surface area contributed by atoms with Crippen LogP contribution in [0.2, 0.25) is 5.02 Å². The van der Waals surface area contributed by atoms with Crippen molar-refractivity contribution in [2.24, 2.45) is 0 Å². The molecule has 166 valence electrons. The van der Waals surface area contributed by atoms with Gasteiger partial charge in [0.2, 0.25) is 5.91 Å². The fraction of sp³-hybridized carbons (Fsp3) is 0.261. The van der Waals surface area contributed by atoms with Gasteiger partial charge in [0.05, 0.1) is 11.4 Å². The Kier molecular flexibility index (Phi) is 7.12. The zero-order chi connectivity index (χ0) is 22.5. The number of carbonyl (C=O) groups is 1. The molecule has 32 heavy (non-hydrogen) atoms. The Hall–Kier alpha value is -2.84. The number of hydrogen-bond acceptors (Lipinski definition) is 6. The highest BCUT2D eigenvalue weighted by atomic mass is 35.5. The molecule has 0 atom stereocenters. The van der Waals surface area contributed by atoms with Crippen LogP contribution in [0.15, 0.2) is 59.9 Å². The molecule has 2 heterocycles. The van der Waals surface area contributed by atoms with Gasteiger partial charge in [-0.1, -0.05) is 41.6 Å². The first-order valence-corrected chi connectivity index (χ1v) is 11.6. The lowest BCUT2D eigenvalue weighted by Gasteiger charge is -2.36. The van der Waals surface area contributed by atoms with Crippen molar-refractivity contribution < 1.29 is 9.18 Å². The minimum absolute atomic E-state index is 0.131. The third-order valence-corrected chi connectivity index (χ3v) is 6.56. The number of aryl methyl sites for hydroxylation is 1. The lowest BCUT2D eigenvalue weighted by molar-refractivity contribution is -0.113. The Morgan fingerprint density at radius 1 is 1.09 bits per heavy atom. The molecule has 1 saturated heterocycles. The normalized spacial score (nSPS) is 13.8. The molecule has 0 aliphatic carbocycles. The van der Waals surface area contributed by atoms with E-state index in [0.717, 1.165) is 29.5 Å². The second-order valence-corrected chi connectivity index (χ2v) is 8.84. The first kappa shape index (κ1) is 22.4. The number of aromatic nitrogens is 2. The largest absolute Gasteiger partial charge is 0.366 e. The summed E-state index contributed by atoms with van der Waals surface area (Å²) in [6, 6.07) is 14.2. The van der Waals surface area contributed by atoms with Crippen LogP contribution in [0.3, 0.4) is 0 Å². The number of piperazine rings is 1. The number of benzene rings is 2. The van der Waals surface area contributed by atoms with Crippen LogP contribution >= 0.6 is 23.4 Å². The van der Waals surface area contributed by atoms with Crippen LogP contribution in [0.25, 0.3) is 0 Å². The lowest BCUT2D eigenvalue weighted by atomic mass is 10.2. The van der Waals surface area contributed by atoms with Gasteiger partial charge in [-0.2, -0.15) is 0 Å². The molecule has 0 radical (unpaired) electrons. The molecule has 1 amide bonds. The van der Waals surface area contributed by atoms with Gasteiger partial charge in [0.25, 0.3) is 0 Å². The van der Waals surface area contributed by atoms with Gasteiger partial charge in [0.1, 0.15) is 23.0 Å². The van der Waals surface area contributed by atoms with Crippen molar-refractivity contribution in [3.05, 3.63) is 71.3 Å². The maximum Gasteiger partial charge on any atom is 0.234 e. The number of thioether (sulfide) groups is 1. The standard InChI is InChI=1S/C23H23ClFN5OS/c1-16-6-7-17(12-18(16)24)28-22(31)14-32-23-13-21(26-15-27-23)30-10-8-29(9-11-30)20-5-3-2-4-19(20)25/h2-7,12-13,15H,8-11,14H2,1H3,(H,28,31). The molecule has 2 aromatic carbocycles. The Bertz CT molecular complexity index is 1110. The van der Waals surface area contributed by atoms with Crippen LogP contribution in [0.5, 0.6) is 0 Å². The lowest BCUT2D eigenvalue weighted by Crippen LogP contribution is -2.47. The molecular weight excluding hydrogens is 449 g/mol. The molecule has 1 N–H and O–H groups in total. The van der Waals surface area contributed by atoms with Gasteiger partial charge in [-0.25, -0.2) is 14.4 Å². The summed E-state index contributed by atoms with van der Waals surface area (Å²) in [4.78, 5) is 25.2. The fourth-order valence-electron chi connectivity index (χ4n) is 3.47. The number of rotatable bonds is 6. The Morgan fingerprint density at radius 2 is 1.84 bits per heavy atom. The van der Waals surface area contributed by atoms with E-state index in [9.17, 15) is 9.18 Å². The average Bonchev–Trinajstić information content (AvgIpc) is 2.81. The molecule has 1 aromatic heterocycles. The van der Waals surface area contributed by atoms with E-state index in [2.05, 4.69) is 20.2 Å². The molecule has 0 spiro atoms. The van der Waals surface area contributed by atoms with Crippen molar-refractivity contribution in [2.45, 2.75) is 11.9 Å². The topological polar surface area (TPSA) is 61.4 Å². The molecule has 1 fully saturated rings. The molecule has 1 aliphatic heterocycles. The molecule has 1 aliphatic rings. The first-order valence-electron chi connectivity index (χ1n) is 10.2.